The van der Waals surface area contributed by atoms with Gasteiger partial charge in [-0.2, -0.15) is 0 Å². The van der Waals surface area contributed by atoms with Crippen LogP contribution < -0.4 is 5.32 Å². The number of benzene rings is 1. The third-order valence-electron chi connectivity index (χ3n) is 3.88. The molecule has 0 unspecified atom stereocenters. The first-order chi connectivity index (χ1) is 13.5. The molecule has 0 aliphatic carbocycles. The smallest absolute Gasteiger partial charge is 0.325 e. The van der Waals surface area contributed by atoms with E-state index in [9.17, 15) is 14.4 Å². The molecule has 2 aromatic rings. The van der Waals surface area contributed by atoms with E-state index in [-0.39, 0.29) is 31.5 Å². The molecule has 0 bridgehead atoms. The summed E-state index contributed by atoms with van der Waals surface area (Å²) in [4.78, 5) is 38.5. The molecule has 1 N–H and O–H groups in total. The second kappa shape index (κ2) is 11.2. The lowest BCUT2D eigenvalue weighted by Crippen LogP contribution is -2.38. The summed E-state index contributed by atoms with van der Waals surface area (Å²) in [6, 6.07) is 10.5. The molecule has 2 amide bonds. The highest BCUT2D eigenvalue weighted by Crippen LogP contribution is 2.11. The molecular formula is C20H24N2O5S. The Bertz CT molecular complexity index is 774. The first-order valence-corrected chi connectivity index (χ1v) is 9.77. The van der Waals surface area contributed by atoms with E-state index in [1.54, 1.807) is 37.3 Å². The van der Waals surface area contributed by atoms with Crippen LogP contribution in [0.5, 0.6) is 0 Å². The molecule has 150 valence electrons. The zero-order valence-corrected chi connectivity index (χ0v) is 16.8. The van der Waals surface area contributed by atoms with Crippen LogP contribution in [0, 0.1) is 0 Å². The summed E-state index contributed by atoms with van der Waals surface area (Å²) in [6.07, 6.45) is 0. The molecule has 0 aliphatic heterocycles. The van der Waals surface area contributed by atoms with Crippen LogP contribution in [-0.2, 0) is 20.8 Å². The molecule has 2 rings (SSSR count). The number of ether oxygens (including phenoxy) is 2. The Hall–Kier alpha value is -2.71. The van der Waals surface area contributed by atoms with Crippen LogP contribution in [0.15, 0.2) is 41.8 Å². The van der Waals surface area contributed by atoms with Crippen molar-refractivity contribution in [2.24, 2.45) is 0 Å². The summed E-state index contributed by atoms with van der Waals surface area (Å²) in [5, 5.41) is 4.69. The molecule has 1 aromatic carbocycles. The summed E-state index contributed by atoms with van der Waals surface area (Å²) in [6.45, 7) is 2.81. The van der Waals surface area contributed by atoms with Crippen molar-refractivity contribution >= 4 is 29.1 Å². The lowest BCUT2D eigenvalue weighted by Gasteiger charge is -2.21. The van der Waals surface area contributed by atoms with E-state index in [1.807, 2.05) is 11.4 Å². The molecule has 0 saturated carbocycles. The third-order valence-corrected chi connectivity index (χ3v) is 4.75. The molecule has 0 saturated heterocycles. The van der Waals surface area contributed by atoms with Gasteiger partial charge in [0.2, 0.25) is 0 Å². The number of nitrogens with one attached hydrogen (secondary N) is 1. The van der Waals surface area contributed by atoms with Gasteiger partial charge < -0.3 is 19.7 Å². The van der Waals surface area contributed by atoms with E-state index < -0.39 is 5.97 Å². The second-order valence-electron chi connectivity index (χ2n) is 5.88. The minimum absolute atomic E-state index is 0.129. The maximum absolute atomic E-state index is 12.7. The average Bonchev–Trinajstić information content (AvgIpc) is 3.24. The number of nitrogens with zero attached hydrogens (tertiary/aromatic N) is 1. The Morgan fingerprint density at radius 2 is 1.89 bits per heavy atom. The van der Waals surface area contributed by atoms with E-state index in [4.69, 9.17) is 9.47 Å². The van der Waals surface area contributed by atoms with Gasteiger partial charge in [-0.05, 0) is 36.1 Å². The van der Waals surface area contributed by atoms with Crippen molar-refractivity contribution in [3.8, 4) is 0 Å². The topological polar surface area (TPSA) is 84.9 Å². The van der Waals surface area contributed by atoms with Crippen LogP contribution >= 0.6 is 11.3 Å². The van der Waals surface area contributed by atoms with Gasteiger partial charge in [0.15, 0.2) is 0 Å². The number of rotatable bonds is 10. The average molecular weight is 404 g/mol. The number of methoxy groups -OCH3 is 1. The van der Waals surface area contributed by atoms with E-state index in [2.05, 4.69) is 5.32 Å². The lowest BCUT2D eigenvalue weighted by atomic mass is 10.1. The molecule has 0 fully saturated rings. The van der Waals surface area contributed by atoms with Gasteiger partial charge in [-0.3, -0.25) is 14.4 Å². The van der Waals surface area contributed by atoms with Gasteiger partial charge in [-0.1, -0.05) is 18.2 Å². The zero-order valence-electron chi connectivity index (χ0n) is 16.0. The quantitative estimate of drug-likeness (QED) is 0.615. The standard InChI is InChI=1S/C20H24N2O5S/c1-3-27-18(23)14-22(10-11-26-2)20(25)16-8-6-15(7-9-16)13-21-19(24)17-5-4-12-28-17/h4-9,12H,3,10-11,13-14H2,1-2H3,(H,21,24). The minimum atomic E-state index is -0.458. The van der Waals surface area contributed by atoms with Gasteiger partial charge >= 0.3 is 5.97 Å². The molecule has 0 aliphatic rings. The third kappa shape index (κ3) is 6.47. The normalized spacial score (nSPS) is 10.4. The predicted molar refractivity (Wildman–Crippen MR) is 106 cm³/mol. The van der Waals surface area contributed by atoms with E-state index >= 15 is 0 Å². The number of carbonyl (C=O) groups is 3. The van der Waals surface area contributed by atoms with Gasteiger partial charge in [-0.25, -0.2) is 0 Å². The monoisotopic (exact) mass is 404 g/mol. The fraction of sp³-hybridized carbons (Fsp3) is 0.350. The maximum atomic E-state index is 12.7. The zero-order chi connectivity index (χ0) is 20.4. The van der Waals surface area contributed by atoms with Crippen molar-refractivity contribution in [1.82, 2.24) is 10.2 Å². The number of esters is 1. The highest BCUT2D eigenvalue weighted by Gasteiger charge is 2.19. The molecule has 7 nitrogen and oxygen atoms in total. The van der Waals surface area contributed by atoms with Crippen LogP contribution in [0.3, 0.4) is 0 Å². The number of thiophene rings is 1. The van der Waals surface area contributed by atoms with Crippen molar-refractivity contribution in [1.29, 1.82) is 0 Å². The molecule has 28 heavy (non-hydrogen) atoms. The summed E-state index contributed by atoms with van der Waals surface area (Å²) in [5.41, 5.74) is 1.32. The maximum Gasteiger partial charge on any atom is 0.325 e. The number of amides is 2. The van der Waals surface area contributed by atoms with Crippen molar-refractivity contribution in [2.45, 2.75) is 13.5 Å². The first kappa shape index (κ1) is 21.6. The molecule has 0 radical (unpaired) electrons. The van der Waals surface area contributed by atoms with Gasteiger partial charge in [0.05, 0.1) is 18.1 Å². The van der Waals surface area contributed by atoms with E-state index in [1.165, 1.54) is 23.3 Å². The molecule has 1 aromatic heterocycles. The van der Waals surface area contributed by atoms with Gasteiger partial charge in [0, 0.05) is 25.8 Å². The van der Waals surface area contributed by atoms with Crippen LogP contribution in [-0.4, -0.2) is 56.1 Å². The number of carbonyl (C=O) groups excluding carboxylic acids is 3. The highest BCUT2D eigenvalue weighted by molar-refractivity contribution is 7.12. The second-order valence-corrected chi connectivity index (χ2v) is 6.83. The highest BCUT2D eigenvalue weighted by atomic mass is 32.1. The van der Waals surface area contributed by atoms with Crippen molar-refractivity contribution in [2.75, 3.05) is 33.4 Å². The Balaban J connectivity index is 1.97. The van der Waals surface area contributed by atoms with Gasteiger partial charge in [0.25, 0.3) is 11.8 Å². The SMILES string of the molecule is CCOC(=O)CN(CCOC)C(=O)c1ccc(CNC(=O)c2cccs2)cc1. The van der Waals surface area contributed by atoms with E-state index in [0.29, 0.717) is 23.6 Å². The summed E-state index contributed by atoms with van der Waals surface area (Å²) in [5.74, 6) is -0.866. The Labute approximate surface area is 168 Å². The number of hydrogen-bond acceptors (Lipinski definition) is 6. The largest absolute Gasteiger partial charge is 0.465 e. The Morgan fingerprint density at radius 1 is 1.14 bits per heavy atom. The summed E-state index contributed by atoms with van der Waals surface area (Å²) < 4.78 is 9.95. The van der Waals surface area contributed by atoms with Crippen molar-refractivity contribution < 1.29 is 23.9 Å². The molecule has 0 atom stereocenters. The molecule has 0 spiro atoms. The fourth-order valence-electron chi connectivity index (χ4n) is 2.44. The predicted octanol–water partition coefficient (Wildman–Crippen LogP) is 2.33. The van der Waals surface area contributed by atoms with Crippen LogP contribution in [0.4, 0.5) is 0 Å². The minimum Gasteiger partial charge on any atom is -0.465 e. The van der Waals surface area contributed by atoms with Crippen LogP contribution in [0.25, 0.3) is 0 Å². The fourth-order valence-corrected chi connectivity index (χ4v) is 3.08. The summed E-state index contributed by atoms with van der Waals surface area (Å²) >= 11 is 1.38. The number of hydrogen-bond donors (Lipinski definition) is 1. The Morgan fingerprint density at radius 3 is 2.50 bits per heavy atom. The molecule has 1 heterocycles. The van der Waals surface area contributed by atoms with Gasteiger partial charge in [-0.15, -0.1) is 11.3 Å². The van der Waals surface area contributed by atoms with Crippen LogP contribution in [0.2, 0.25) is 0 Å². The van der Waals surface area contributed by atoms with Crippen molar-refractivity contribution in [3.05, 3.63) is 57.8 Å². The van der Waals surface area contributed by atoms with E-state index in [0.717, 1.165) is 5.56 Å². The molecular weight excluding hydrogens is 380 g/mol. The Kier molecular flexibility index (Phi) is 8.64. The van der Waals surface area contributed by atoms with Crippen molar-refractivity contribution in [3.63, 3.8) is 0 Å². The first-order valence-electron chi connectivity index (χ1n) is 8.89. The molecule has 8 heteroatoms. The van der Waals surface area contributed by atoms with Crippen LogP contribution in [0.1, 0.15) is 32.5 Å². The summed E-state index contributed by atoms with van der Waals surface area (Å²) in [7, 11) is 1.53. The lowest BCUT2D eigenvalue weighted by molar-refractivity contribution is -0.143. The van der Waals surface area contributed by atoms with Gasteiger partial charge in [0.1, 0.15) is 6.54 Å².